The molecule has 18 heavy (non-hydrogen) atoms. The maximum atomic E-state index is 10.7. The molecule has 2 aromatic rings. The Balaban J connectivity index is 1.85. The predicted octanol–water partition coefficient (Wildman–Crippen LogP) is 1.74. The molecule has 1 aliphatic rings. The van der Waals surface area contributed by atoms with Crippen molar-refractivity contribution < 1.29 is 5.11 Å². The van der Waals surface area contributed by atoms with Crippen LogP contribution in [0.2, 0.25) is 0 Å². The lowest BCUT2D eigenvalue weighted by atomic mass is 9.92. The van der Waals surface area contributed by atoms with Crippen LogP contribution in [0.15, 0.2) is 42.6 Å². The van der Waals surface area contributed by atoms with Gasteiger partial charge in [-0.3, -0.25) is 0 Å². The van der Waals surface area contributed by atoms with Gasteiger partial charge in [-0.15, -0.1) is 0 Å². The number of fused-ring (bicyclic) bond motifs is 1. The standard InChI is InChI=1S/C15H16N2O/c16-14-13(6-3-7-17-14)10-15(18)8-11-4-1-2-5-12(11)9-15/h1-7,18H,8-10H2,(H2,16,17). The van der Waals surface area contributed by atoms with Crippen molar-refractivity contribution in [2.75, 3.05) is 5.73 Å². The maximum absolute atomic E-state index is 10.7. The van der Waals surface area contributed by atoms with E-state index in [-0.39, 0.29) is 0 Å². The highest BCUT2D eigenvalue weighted by Crippen LogP contribution is 2.33. The summed E-state index contributed by atoms with van der Waals surface area (Å²) in [6, 6.07) is 12.0. The van der Waals surface area contributed by atoms with Gasteiger partial charge < -0.3 is 10.8 Å². The minimum absolute atomic E-state index is 0.516. The minimum Gasteiger partial charge on any atom is -0.389 e. The molecule has 3 rings (SSSR count). The molecular weight excluding hydrogens is 224 g/mol. The third-order valence-corrected chi connectivity index (χ3v) is 3.60. The number of hydrogen-bond donors (Lipinski definition) is 2. The molecule has 1 aliphatic carbocycles. The van der Waals surface area contributed by atoms with Crippen molar-refractivity contribution in [1.29, 1.82) is 0 Å². The van der Waals surface area contributed by atoms with Crippen molar-refractivity contribution in [1.82, 2.24) is 4.98 Å². The molecule has 3 N–H and O–H groups in total. The van der Waals surface area contributed by atoms with E-state index in [0.717, 1.165) is 5.56 Å². The fourth-order valence-corrected chi connectivity index (χ4v) is 2.75. The van der Waals surface area contributed by atoms with E-state index < -0.39 is 5.60 Å². The van der Waals surface area contributed by atoms with Crippen molar-refractivity contribution in [3.8, 4) is 0 Å². The smallest absolute Gasteiger partial charge is 0.126 e. The number of rotatable bonds is 2. The van der Waals surface area contributed by atoms with Gasteiger partial charge in [-0.05, 0) is 22.8 Å². The summed E-state index contributed by atoms with van der Waals surface area (Å²) in [5, 5.41) is 10.7. The molecule has 0 saturated heterocycles. The summed E-state index contributed by atoms with van der Waals surface area (Å²) in [6.45, 7) is 0. The lowest BCUT2D eigenvalue weighted by Gasteiger charge is -2.22. The van der Waals surface area contributed by atoms with Crippen molar-refractivity contribution in [3.63, 3.8) is 0 Å². The van der Waals surface area contributed by atoms with Crippen LogP contribution in [0.4, 0.5) is 5.82 Å². The van der Waals surface area contributed by atoms with Gasteiger partial charge in [0.15, 0.2) is 0 Å². The van der Waals surface area contributed by atoms with Crippen LogP contribution in [0.3, 0.4) is 0 Å². The lowest BCUT2D eigenvalue weighted by molar-refractivity contribution is 0.0519. The van der Waals surface area contributed by atoms with E-state index in [1.54, 1.807) is 6.20 Å². The zero-order chi connectivity index (χ0) is 12.6. The number of aliphatic hydroxyl groups is 1. The number of aromatic nitrogens is 1. The summed E-state index contributed by atoms with van der Waals surface area (Å²) in [7, 11) is 0. The van der Waals surface area contributed by atoms with Gasteiger partial charge in [-0.2, -0.15) is 0 Å². The average Bonchev–Trinajstić information content (AvgIpc) is 2.68. The third-order valence-electron chi connectivity index (χ3n) is 3.60. The highest BCUT2D eigenvalue weighted by atomic mass is 16.3. The molecule has 3 nitrogen and oxygen atoms in total. The highest BCUT2D eigenvalue weighted by molar-refractivity contribution is 5.42. The minimum atomic E-state index is -0.721. The molecule has 0 fully saturated rings. The van der Waals surface area contributed by atoms with Gasteiger partial charge in [0.05, 0.1) is 5.60 Å². The van der Waals surface area contributed by atoms with Crippen LogP contribution in [0.25, 0.3) is 0 Å². The van der Waals surface area contributed by atoms with Crippen LogP contribution < -0.4 is 5.73 Å². The molecule has 3 heteroatoms. The average molecular weight is 240 g/mol. The number of nitrogens with zero attached hydrogens (tertiary/aromatic N) is 1. The Morgan fingerprint density at radius 1 is 1.11 bits per heavy atom. The monoisotopic (exact) mass is 240 g/mol. The molecule has 1 aromatic heterocycles. The third kappa shape index (κ3) is 1.97. The normalized spacial score (nSPS) is 16.5. The molecule has 1 heterocycles. The van der Waals surface area contributed by atoms with Gasteiger partial charge in [-0.25, -0.2) is 4.98 Å². The number of pyridine rings is 1. The topological polar surface area (TPSA) is 59.1 Å². The number of nitrogens with two attached hydrogens (primary N) is 1. The molecule has 92 valence electrons. The fraction of sp³-hybridized carbons (Fsp3) is 0.267. The molecule has 0 bridgehead atoms. The van der Waals surface area contributed by atoms with Crippen molar-refractivity contribution >= 4 is 5.82 Å². The number of benzene rings is 1. The van der Waals surface area contributed by atoms with E-state index in [1.165, 1.54) is 11.1 Å². The zero-order valence-corrected chi connectivity index (χ0v) is 10.1. The Bertz CT molecular complexity index is 555. The summed E-state index contributed by atoms with van der Waals surface area (Å²) in [6.07, 6.45) is 3.61. The Morgan fingerprint density at radius 3 is 2.39 bits per heavy atom. The maximum Gasteiger partial charge on any atom is 0.126 e. The molecular formula is C15H16N2O. The molecule has 0 aliphatic heterocycles. The molecule has 0 radical (unpaired) electrons. The van der Waals surface area contributed by atoms with Gasteiger partial charge in [-0.1, -0.05) is 30.3 Å². The predicted molar refractivity (Wildman–Crippen MR) is 71.2 cm³/mol. The zero-order valence-electron chi connectivity index (χ0n) is 10.1. The first-order chi connectivity index (χ1) is 8.66. The van der Waals surface area contributed by atoms with Gasteiger partial charge in [0, 0.05) is 25.5 Å². The summed E-state index contributed by atoms with van der Waals surface area (Å²) in [5.74, 6) is 0.516. The van der Waals surface area contributed by atoms with E-state index in [9.17, 15) is 5.11 Å². The van der Waals surface area contributed by atoms with E-state index in [1.807, 2.05) is 24.3 Å². The number of nitrogen functional groups attached to an aromatic ring is 1. The van der Waals surface area contributed by atoms with Crippen LogP contribution in [0.1, 0.15) is 16.7 Å². The van der Waals surface area contributed by atoms with Crippen LogP contribution in [-0.4, -0.2) is 15.7 Å². The van der Waals surface area contributed by atoms with Crippen molar-refractivity contribution in [2.45, 2.75) is 24.9 Å². The Kier molecular flexibility index (Phi) is 2.56. The van der Waals surface area contributed by atoms with Crippen LogP contribution >= 0.6 is 0 Å². The quantitative estimate of drug-likeness (QED) is 0.840. The summed E-state index contributed by atoms with van der Waals surface area (Å²) in [5.41, 5.74) is 8.52. The second-order valence-corrected chi connectivity index (χ2v) is 5.07. The van der Waals surface area contributed by atoms with E-state index in [4.69, 9.17) is 5.73 Å². The van der Waals surface area contributed by atoms with Gasteiger partial charge in [0.1, 0.15) is 5.82 Å². The van der Waals surface area contributed by atoms with Gasteiger partial charge in [0.25, 0.3) is 0 Å². The Morgan fingerprint density at radius 2 is 1.78 bits per heavy atom. The first-order valence-corrected chi connectivity index (χ1v) is 6.15. The second kappa shape index (κ2) is 4.10. The largest absolute Gasteiger partial charge is 0.389 e. The van der Waals surface area contributed by atoms with E-state index >= 15 is 0 Å². The van der Waals surface area contributed by atoms with Crippen LogP contribution in [0.5, 0.6) is 0 Å². The highest BCUT2D eigenvalue weighted by Gasteiger charge is 2.35. The second-order valence-electron chi connectivity index (χ2n) is 5.07. The fourth-order valence-electron chi connectivity index (χ4n) is 2.75. The molecule has 0 saturated carbocycles. The van der Waals surface area contributed by atoms with Crippen LogP contribution in [-0.2, 0) is 19.3 Å². The van der Waals surface area contributed by atoms with Gasteiger partial charge >= 0.3 is 0 Å². The van der Waals surface area contributed by atoms with Gasteiger partial charge in [0.2, 0.25) is 0 Å². The summed E-state index contributed by atoms with van der Waals surface area (Å²) in [4.78, 5) is 4.07. The van der Waals surface area contributed by atoms with Crippen molar-refractivity contribution in [3.05, 3.63) is 59.3 Å². The van der Waals surface area contributed by atoms with E-state index in [2.05, 4.69) is 17.1 Å². The first kappa shape index (κ1) is 11.2. The summed E-state index contributed by atoms with van der Waals surface area (Å²) >= 11 is 0. The number of hydrogen-bond acceptors (Lipinski definition) is 3. The Hall–Kier alpha value is -1.87. The summed E-state index contributed by atoms with van der Waals surface area (Å²) < 4.78 is 0. The molecule has 0 atom stereocenters. The van der Waals surface area contributed by atoms with E-state index in [0.29, 0.717) is 25.1 Å². The molecule has 0 unspecified atom stereocenters. The molecule has 0 spiro atoms. The lowest BCUT2D eigenvalue weighted by Crippen LogP contribution is -2.32. The first-order valence-electron chi connectivity index (χ1n) is 6.15. The molecule has 1 aromatic carbocycles. The van der Waals surface area contributed by atoms with Crippen molar-refractivity contribution in [2.24, 2.45) is 0 Å². The Labute approximate surface area is 106 Å². The number of anilines is 1. The van der Waals surface area contributed by atoms with Crippen LogP contribution in [0, 0.1) is 0 Å². The molecule has 0 amide bonds. The SMILES string of the molecule is Nc1ncccc1CC1(O)Cc2ccccc2C1.